The van der Waals surface area contributed by atoms with E-state index in [1.165, 1.54) is 18.2 Å². The van der Waals surface area contributed by atoms with E-state index in [0.717, 1.165) is 5.69 Å². The number of carbonyl (C=O) groups excluding carboxylic acids is 1. The van der Waals surface area contributed by atoms with Crippen LogP contribution in [-0.4, -0.2) is 85.2 Å². The van der Waals surface area contributed by atoms with E-state index >= 15 is 0 Å². The van der Waals surface area contributed by atoms with E-state index in [4.69, 9.17) is 10.5 Å². The quantitative estimate of drug-likeness (QED) is 0.267. The van der Waals surface area contributed by atoms with Gasteiger partial charge in [0.15, 0.2) is 17.7 Å². The van der Waals surface area contributed by atoms with Crippen molar-refractivity contribution >= 4 is 28.7 Å². The molecule has 3 unspecified atom stereocenters. The number of nitrogens with two attached hydrogens (primary N) is 1. The number of rotatable bonds is 9. The van der Waals surface area contributed by atoms with E-state index in [0.29, 0.717) is 30.7 Å². The summed E-state index contributed by atoms with van der Waals surface area (Å²) in [4.78, 5) is 27.1. The Balaban J connectivity index is 1.30. The lowest BCUT2D eigenvalue weighted by Gasteiger charge is -2.27. The molecule has 12 nitrogen and oxygen atoms in total. The number of ether oxygens (including phenoxy) is 1. The minimum atomic E-state index is -1.17. The maximum absolute atomic E-state index is 12.7. The summed E-state index contributed by atoms with van der Waals surface area (Å²) < 4.78 is 7.63. The number of anilines is 2. The van der Waals surface area contributed by atoms with Crippen molar-refractivity contribution in [3.8, 4) is 0 Å². The van der Waals surface area contributed by atoms with Gasteiger partial charge in [0, 0.05) is 18.3 Å². The minimum Gasteiger partial charge on any atom is -0.387 e. The van der Waals surface area contributed by atoms with Crippen molar-refractivity contribution in [3.63, 3.8) is 0 Å². The van der Waals surface area contributed by atoms with Gasteiger partial charge in [0.25, 0.3) is 0 Å². The van der Waals surface area contributed by atoms with Gasteiger partial charge in [-0.25, -0.2) is 19.7 Å². The molecular weight excluding hydrogens is 512 g/mol. The molecule has 6 N–H and O–H groups in total. The fraction of sp³-hybridized carbons (Fsp3) is 0.571. The van der Waals surface area contributed by atoms with Crippen LogP contribution in [-0.2, 0) is 10.2 Å². The number of aliphatic hydroxyl groups is 2. The number of nitrogens with zero attached hydrogens (tertiary/aromatic N) is 5. The molecule has 0 saturated carbocycles. The first-order valence-corrected chi connectivity index (χ1v) is 13.7. The lowest BCUT2D eigenvalue weighted by Crippen LogP contribution is -2.44. The van der Waals surface area contributed by atoms with Gasteiger partial charge in [0.05, 0.1) is 6.33 Å². The number of likely N-dealkylation sites (N-methyl/N-ethyl adjacent to an activating group) is 1. The van der Waals surface area contributed by atoms with Gasteiger partial charge in [-0.15, -0.1) is 0 Å². The molecule has 1 saturated heterocycles. The first-order valence-electron chi connectivity index (χ1n) is 13.7. The lowest BCUT2D eigenvalue weighted by atomic mass is 9.87. The largest absolute Gasteiger partial charge is 0.387 e. The van der Waals surface area contributed by atoms with E-state index in [1.807, 2.05) is 36.2 Å². The van der Waals surface area contributed by atoms with Gasteiger partial charge in [-0.2, -0.15) is 0 Å². The Morgan fingerprint density at radius 3 is 2.50 bits per heavy atom. The van der Waals surface area contributed by atoms with E-state index in [2.05, 4.69) is 60.2 Å². The highest BCUT2D eigenvalue weighted by Gasteiger charge is 2.44. The van der Waals surface area contributed by atoms with Crippen LogP contribution in [0.3, 0.4) is 0 Å². The van der Waals surface area contributed by atoms with Gasteiger partial charge >= 0.3 is 6.03 Å². The summed E-state index contributed by atoms with van der Waals surface area (Å²) in [6.07, 6.45) is -0.268. The summed E-state index contributed by atoms with van der Waals surface area (Å²) in [7, 11) is 1.92. The average Bonchev–Trinajstić information content (AvgIpc) is 3.43. The van der Waals surface area contributed by atoms with Crippen LogP contribution in [0.1, 0.15) is 52.8 Å². The zero-order valence-electron chi connectivity index (χ0n) is 24.1. The topological polar surface area (TPSA) is 164 Å². The zero-order chi connectivity index (χ0) is 29.2. The van der Waals surface area contributed by atoms with Gasteiger partial charge < -0.3 is 36.2 Å². The Labute approximate surface area is 235 Å². The maximum Gasteiger partial charge on any atom is 0.319 e. The molecule has 1 aliphatic rings. The second-order valence-electron chi connectivity index (χ2n) is 12.0. The number of aromatic nitrogens is 4. The van der Waals surface area contributed by atoms with Crippen molar-refractivity contribution in [2.24, 2.45) is 5.92 Å². The zero-order valence-corrected chi connectivity index (χ0v) is 24.1. The number of benzene rings is 1. The molecule has 2 amide bonds. The third kappa shape index (κ3) is 6.69. The van der Waals surface area contributed by atoms with Gasteiger partial charge in [-0.05, 0) is 49.0 Å². The fourth-order valence-corrected chi connectivity index (χ4v) is 4.89. The molecule has 12 heteroatoms. The van der Waals surface area contributed by atoms with E-state index in [-0.39, 0.29) is 29.2 Å². The summed E-state index contributed by atoms with van der Waals surface area (Å²) in [6, 6.07) is 7.59. The van der Waals surface area contributed by atoms with E-state index in [1.54, 1.807) is 4.57 Å². The predicted octanol–water partition coefficient (Wildman–Crippen LogP) is 2.49. The number of nitrogens with one attached hydrogen (secondary N) is 2. The normalized spacial score (nSPS) is 22.2. The Kier molecular flexibility index (Phi) is 8.93. The van der Waals surface area contributed by atoms with Gasteiger partial charge in [-0.1, -0.05) is 46.8 Å². The minimum absolute atomic E-state index is 0.0471. The molecule has 0 aliphatic carbocycles. The van der Waals surface area contributed by atoms with Gasteiger partial charge in [0.1, 0.15) is 30.2 Å². The first-order chi connectivity index (χ1) is 18.8. The molecule has 1 fully saturated rings. The third-order valence-electron chi connectivity index (χ3n) is 7.44. The number of hydrogen-bond donors (Lipinski definition) is 5. The Hall–Kier alpha value is -3.32. The lowest BCUT2D eigenvalue weighted by molar-refractivity contribution is -0.0423. The number of nitrogen functional groups attached to an aromatic ring is 1. The average molecular weight is 555 g/mol. The van der Waals surface area contributed by atoms with Crippen molar-refractivity contribution in [2.45, 2.75) is 77.0 Å². The second-order valence-corrected chi connectivity index (χ2v) is 12.0. The number of amides is 2. The van der Waals surface area contributed by atoms with Crippen LogP contribution in [0.4, 0.5) is 16.3 Å². The summed E-state index contributed by atoms with van der Waals surface area (Å²) >= 11 is 0. The summed E-state index contributed by atoms with van der Waals surface area (Å²) in [6.45, 7) is 11.6. The van der Waals surface area contributed by atoms with Crippen molar-refractivity contribution in [1.82, 2.24) is 29.7 Å². The van der Waals surface area contributed by atoms with Crippen LogP contribution >= 0.6 is 0 Å². The highest BCUT2D eigenvalue weighted by molar-refractivity contribution is 5.89. The summed E-state index contributed by atoms with van der Waals surface area (Å²) in [5, 5.41) is 27.5. The molecule has 3 heterocycles. The third-order valence-corrected chi connectivity index (χ3v) is 7.44. The molecule has 40 heavy (non-hydrogen) atoms. The predicted molar refractivity (Wildman–Crippen MR) is 154 cm³/mol. The molecule has 2 aromatic heterocycles. The molecule has 0 spiro atoms. The first kappa shape index (κ1) is 29.7. The fourth-order valence-electron chi connectivity index (χ4n) is 4.89. The van der Waals surface area contributed by atoms with E-state index < -0.39 is 24.5 Å². The Morgan fingerprint density at radius 1 is 1.15 bits per heavy atom. The van der Waals surface area contributed by atoms with E-state index in [9.17, 15) is 15.0 Å². The number of hydrogen-bond acceptors (Lipinski definition) is 9. The monoisotopic (exact) mass is 554 g/mol. The number of imidazole rings is 1. The highest BCUT2D eigenvalue weighted by Crippen LogP contribution is 2.32. The summed E-state index contributed by atoms with van der Waals surface area (Å²) in [5.74, 6) is 0.444. The standard InChI is InChI=1S/C28H42N8O4/c1-16(2)19(34-27(39)33-18-9-7-17(8-10-18)28(3,4)5)11-12-35(6)13-20-22(37)23(38)26(40-20)36-15-32-21-24(29)30-14-31-25(21)36/h7-10,14-16,19-20,22-23,26,37-38H,11-13H2,1-6H3,(H2,29,30,31)(H2,33,34,39)/t19?,20?,22-,23-,26?/m1/s1. The van der Waals surface area contributed by atoms with Crippen LogP contribution in [0.25, 0.3) is 11.2 Å². The molecule has 1 aliphatic heterocycles. The van der Waals surface area contributed by atoms with Gasteiger partial charge in [0.2, 0.25) is 0 Å². The number of fused-ring (bicyclic) bond motifs is 1. The molecule has 0 bridgehead atoms. The van der Waals surface area contributed by atoms with Crippen molar-refractivity contribution in [3.05, 3.63) is 42.5 Å². The van der Waals surface area contributed by atoms with Crippen molar-refractivity contribution < 1.29 is 19.7 Å². The SMILES string of the molecule is CC(C)C(CCN(C)CC1OC(n2cnc3c(N)ncnc32)[C@H](O)[C@@H]1O)NC(=O)Nc1ccc(C(C)(C)C)cc1. The van der Waals surface area contributed by atoms with Crippen molar-refractivity contribution in [2.75, 3.05) is 31.2 Å². The maximum atomic E-state index is 12.7. The Bertz CT molecular complexity index is 1290. The molecular formula is C28H42N8O4. The van der Waals surface area contributed by atoms with Crippen LogP contribution in [0.2, 0.25) is 0 Å². The number of aliphatic hydroxyl groups excluding tert-OH is 2. The smallest absolute Gasteiger partial charge is 0.319 e. The van der Waals surface area contributed by atoms with Gasteiger partial charge in [-0.3, -0.25) is 4.57 Å². The van der Waals surface area contributed by atoms with Crippen LogP contribution in [0.5, 0.6) is 0 Å². The Morgan fingerprint density at radius 2 is 1.85 bits per heavy atom. The van der Waals surface area contributed by atoms with Crippen LogP contribution in [0, 0.1) is 5.92 Å². The molecule has 3 aromatic rings. The van der Waals surface area contributed by atoms with Crippen LogP contribution in [0.15, 0.2) is 36.9 Å². The molecule has 0 radical (unpaired) electrons. The second kappa shape index (κ2) is 12.0. The summed E-state index contributed by atoms with van der Waals surface area (Å²) in [5.41, 5.74) is 8.70. The number of urea groups is 1. The van der Waals surface area contributed by atoms with Crippen molar-refractivity contribution in [1.29, 1.82) is 0 Å². The molecule has 5 atom stereocenters. The number of carbonyl (C=O) groups is 1. The molecule has 4 rings (SSSR count). The molecule has 218 valence electrons. The van der Waals surface area contributed by atoms with Crippen LogP contribution < -0.4 is 16.4 Å². The molecule has 1 aromatic carbocycles. The highest BCUT2D eigenvalue weighted by atomic mass is 16.6.